The van der Waals surface area contributed by atoms with Gasteiger partial charge in [0.05, 0.1) is 0 Å². The summed E-state index contributed by atoms with van der Waals surface area (Å²) in [5, 5.41) is 6.16. The average molecular weight is 471 g/mol. The number of hydrogen-bond donors (Lipinski definition) is 2. The van der Waals surface area contributed by atoms with Crippen molar-refractivity contribution in [3.05, 3.63) is 23.9 Å². The summed E-state index contributed by atoms with van der Waals surface area (Å²) < 4.78 is 0. The SMILES string of the molecule is CN=C(NCCC(=O)Nc1ccc(C)cn1)N1CCC2(CCCC2)C1.I. The number of pyridine rings is 1. The molecule has 1 aromatic rings. The van der Waals surface area contributed by atoms with E-state index in [0.717, 1.165) is 24.6 Å². The lowest BCUT2D eigenvalue weighted by molar-refractivity contribution is -0.116. The van der Waals surface area contributed by atoms with Crippen molar-refractivity contribution in [2.75, 3.05) is 32.0 Å². The van der Waals surface area contributed by atoms with E-state index in [9.17, 15) is 4.79 Å². The summed E-state index contributed by atoms with van der Waals surface area (Å²) in [5.41, 5.74) is 1.60. The normalized spacial score (nSPS) is 18.7. The van der Waals surface area contributed by atoms with E-state index in [-0.39, 0.29) is 29.9 Å². The van der Waals surface area contributed by atoms with E-state index < -0.39 is 0 Å². The van der Waals surface area contributed by atoms with Crippen LogP contribution in [0.4, 0.5) is 5.82 Å². The molecule has 0 radical (unpaired) electrons. The minimum Gasteiger partial charge on any atom is -0.356 e. The number of aryl methyl sites for hydroxylation is 1. The van der Waals surface area contributed by atoms with Crippen LogP contribution in [0.2, 0.25) is 0 Å². The van der Waals surface area contributed by atoms with Gasteiger partial charge in [0.15, 0.2) is 5.96 Å². The number of rotatable bonds is 4. The molecular weight excluding hydrogens is 441 g/mol. The number of hydrogen-bond acceptors (Lipinski definition) is 3. The van der Waals surface area contributed by atoms with Crippen LogP contribution in [-0.4, -0.2) is 48.4 Å². The predicted octanol–water partition coefficient (Wildman–Crippen LogP) is 3.18. The van der Waals surface area contributed by atoms with Crippen LogP contribution < -0.4 is 10.6 Å². The van der Waals surface area contributed by atoms with Crippen LogP contribution in [0.5, 0.6) is 0 Å². The summed E-state index contributed by atoms with van der Waals surface area (Å²) in [4.78, 5) is 23.0. The summed E-state index contributed by atoms with van der Waals surface area (Å²) in [5.74, 6) is 1.49. The molecule has 0 aromatic carbocycles. The number of nitrogens with zero attached hydrogens (tertiary/aromatic N) is 3. The molecule has 0 bridgehead atoms. The Labute approximate surface area is 173 Å². The van der Waals surface area contributed by atoms with Gasteiger partial charge in [-0.2, -0.15) is 0 Å². The highest BCUT2D eigenvalue weighted by molar-refractivity contribution is 14.0. The van der Waals surface area contributed by atoms with Crippen LogP contribution in [0.15, 0.2) is 23.3 Å². The average Bonchev–Trinajstić information content (AvgIpc) is 3.24. The minimum atomic E-state index is -0.0343. The van der Waals surface area contributed by atoms with Crippen molar-refractivity contribution in [1.82, 2.24) is 15.2 Å². The first-order chi connectivity index (χ1) is 12.1. The summed E-state index contributed by atoms with van der Waals surface area (Å²) >= 11 is 0. The van der Waals surface area contributed by atoms with E-state index in [0.29, 0.717) is 24.2 Å². The number of anilines is 1. The van der Waals surface area contributed by atoms with Gasteiger partial charge in [-0.3, -0.25) is 9.79 Å². The highest BCUT2D eigenvalue weighted by atomic mass is 127. The molecule has 1 aliphatic carbocycles. The van der Waals surface area contributed by atoms with Gasteiger partial charge >= 0.3 is 0 Å². The number of nitrogens with one attached hydrogen (secondary N) is 2. The van der Waals surface area contributed by atoms with Gasteiger partial charge < -0.3 is 15.5 Å². The molecule has 2 aliphatic rings. The molecule has 6 nitrogen and oxygen atoms in total. The molecule has 26 heavy (non-hydrogen) atoms. The zero-order valence-corrected chi connectivity index (χ0v) is 18.1. The number of guanidine groups is 1. The van der Waals surface area contributed by atoms with Gasteiger partial charge in [0.25, 0.3) is 0 Å². The molecule has 2 N–H and O–H groups in total. The summed E-state index contributed by atoms with van der Waals surface area (Å²) in [6, 6.07) is 3.76. The molecule has 1 saturated carbocycles. The molecule has 7 heteroatoms. The lowest BCUT2D eigenvalue weighted by atomic mass is 9.86. The van der Waals surface area contributed by atoms with Crippen molar-refractivity contribution in [2.45, 2.75) is 45.4 Å². The zero-order chi connectivity index (χ0) is 17.7. The van der Waals surface area contributed by atoms with Crippen LogP contribution in [0.25, 0.3) is 0 Å². The van der Waals surface area contributed by atoms with E-state index in [2.05, 4.69) is 25.5 Å². The van der Waals surface area contributed by atoms with Crippen LogP contribution in [-0.2, 0) is 4.79 Å². The maximum atomic E-state index is 12.0. The molecule has 2 heterocycles. The number of aromatic nitrogens is 1. The Balaban J connectivity index is 0.00000243. The fourth-order valence-corrected chi connectivity index (χ4v) is 4.02. The second kappa shape index (κ2) is 9.53. The predicted molar refractivity (Wildman–Crippen MR) is 116 cm³/mol. The van der Waals surface area contributed by atoms with Crippen molar-refractivity contribution < 1.29 is 4.79 Å². The van der Waals surface area contributed by atoms with E-state index >= 15 is 0 Å². The third kappa shape index (κ3) is 5.31. The maximum absolute atomic E-state index is 12.0. The molecule has 3 rings (SSSR count). The Morgan fingerprint density at radius 2 is 2.08 bits per heavy atom. The Hall–Kier alpha value is -1.38. The molecule has 1 amide bonds. The van der Waals surface area contributed by atoms with Crippen molar-refractivity contribution in [3.63, 3.8) is 0 Å². The first kappa shape index (κ1) is 20.9. The van der Waals surface area contributed by atoms with Gasteiger partial charge in [-0.1, -0.05) is 18.9 Å². The molecule has 1 spiro atoms. The van der Waals surface area contributed by atoms with Crippen molar-refractivity contribution in [1.29, 1.82) is 0 Å². The molecule has 0 unspecified atom stereocenters. The quantitative estimate of drug-likeness (QED) is 0.402. The van der Waals surface area contributed by atoms with Gasteiger partial charge in [-0.05, 0) is 43.2 Å². The van der Waals surface area contributed by atoms with Crippen LogP contribution in [0.1, 0.15) is 44.1 Å². The highest BCUT2D eigenvalue weighted by Crippen LogP contribution is 2.45. The maximum Gasteiger partial charge on any atom is 0.227 e. The summed E-state index contributed by atoms with van der Waals surface area (Å²) in [7, 11) is 1.82. The molecule has 1 aliphatic heterocycles. The van der Waals surface area contributed by atoms with E-state index in [1.807, 2.05) is 26.1 Å². The number of aliphatic imine (C=N–C) groups is 1. The van der Waals surface area contributed by atoms with Crippen molar-refractivity contribution in [2.24, 2.45) is 10.4 Å². The molecule has 144 valence electrons. The fraction of sp³-hybridized carbons (Fsp3) is 0.632. The minimum absolute atomic E-state index is 0. The van der Waals surface area contributed by atoms with Gasteiger partial charge in [-0.25, -0.2) is 4.98 Å². The summed E-state index contributed by atoms with van der Waals surface area (Å²) in [6.45, 7) is 4.72. The van der Waals surface area contributed by atoms with Gasteiger partial charge in [0.1, 0.15) is 5.82 Å². The number of carbonyl (C=O) groups is 1. The number of carbonyl (C=O) groups excluding carboxylic acids is 1. The van der Waals surface area contributed by atoms with Gasteiger partial charge in [0.2, 0.25) is 5.91 Å². The van der Waals surface area contributed by atoms with Crippen molar-refractivity contribution in [3.8, 4) is 0 Å². The first-order valence-electron chi connectivity index (χ1n) is 9.28. The Bertz CT molecular complexity index is 625. The van der Waals surface area contributed by atoms with Crippen LogP contribution in [0.3, 0.4) is 0 Å². The lowest BCUT2D eigenvalue weighted by Crippen LogP contribution is -2.42. The third-order valence-corrected chi connectivity index (χ3v) is 5.43. The molecule has 2 fully saturated rings. The smallest absolute Gasteiger partial charge is 0.227 e. The molecular formula is C19H30IN5O. The molecule has 1 saturated heterocycles. The topological polar surface area (TPSA) is 69.6 Å². The zero-order valence-electron chi connectivity index (χ0n) is 15.8. The highest BCUT2D eigenvalue weighted by Gasteiger charge is 2.40. The summed E-state index contributed by atoms with van der Waals surface area (Å²) in [6.07, 6.45) is 8.86. The third-order valence-electron chi connectivity index (χ3n) is 5.43. The second-order valence-electron chi connectivity index (χ2n) is 7.37. The number of amides is 1. The standard InChI is InChI=1S/C19H29N5O.HI/c1-15-5-6-16(22-13-15)23-17(25)7-11-21-18(20-2)24-12-10-19(14-24)8-3-4-9-19;/h5-6,13H,3-4,7-12,14H2,1-2H3,(H,20,21)(H,22,23,25);1H. The van der Waals surface area contributed by atoms with E-state index in [1.165, 1.54) is 32.1 Å². The van der Waals surface area contributed by atoms with E-state index in [4.69, 9.17) is 0 Å². The monoisotopic (exact) mass is 471 g/mol. The Kier molecular flexibility index (Phi) is 7.67. The Morgan fingerprint density at radius 3 is 2.73 bits per heavy atom. The van der Waals surface area contributed by atoms with E-state index in [1.54, 1.807) is 6.20 Å². The largest absolute Gasteiger partial charge is 0.356 e. The van der Waals surface area contributed by atoms with Gasteiger partial charge in [-0.15, -0.1) is 24.0 Å². The molecule has 0 atom stereocenters. The lowest BCUT2D eigenvalue weighted by Gasteiger charge is -2.25. The molecule has 1 aromatic heterocycles. The Morgan fingerprint density at radius 1 is 1.31 bits per heavy atom. The van der Waals surface area contributed by atoms with Gasteiger partial charge in [0, 0.05) is 39.3 Å². The fourth-order valence-electron chi connectivity index (χ4n) is 4.02. The van der Waals surface area contributed by atoms with Crippen LogP contribution in [0, 0.1) is 12.3 Å². The number of likely N-dealkylation sites (tertiary alicyclic amines) is 1. The van der Waals surface area contributed by atoms with Crippen molar-refractivity contribution >= 4 is 41.7 Å². The number of halogens is 1. The first-order valence-corrected chi connectivity index (χ1v) is 9.28. The van der Waals surface area contributed by atoms with Crippen LogP contribution >= 0.6 is 24.0 Å². The second-order valence-corrected chi connectivity index (χ2v) is 7.37.